The van der Waals surface area contributed by atoms with Gasteiger partial charge in [-0.25, -0.2) is 4.68 Å². The molecule has 1 saturated heterocycles. The zero-order valence-corrected chi connectivity index (χ0v) is 23.6. The van der Waals surface area contributed by atoms with Crippen LogP contribution in [-0.2, 0) is 6.54 Å². The van der Waals surface area contributed by atoms with Crippen LogP contribution < -0.4 is 10.5 Å². The molecule has 0 bridgehead atoms. The van der Waals surface area contributed by atoms with Gasteiger partial charge in [0.1, 0.15) is 6.04 Å². The van der Waals surface area contributed by atoms with Gasteiger partial charge in [-0.05, 0) is 84.1 Å². The Kier molecular flexibility index (Phi) is 6.94. The van der Waals surface area contributed by atoms with Gasteiger partial charge in [-0.15, -0.1) is 5.10 Å². The topological polar surface area (TPSA) is 82.9 Å². The van der Waals surface area contributed by atoms with E-state index in [0.717, 1.165) is 53.8 Å². The number of tetrazole rings is 1. The molecule has 1 aliphatic heterocycles. The highest BCUT2D eigenvalue weighted by molar-refractivity contribution is 5.83. The van der Waals surface area contributed by atoms with Crippen LogP contribution in [0.4, 0.5) is 5.69 Å². The summed E-state index contributed by atoms with van der Waals surface area (Å²) in [6, 6.07) is 22.5. The summed E-state index contributed by atoms with van der Waals surface area (Å²) in [5.74, 6) is 0.679. The predicted octanol–water partition coefficient (Wildman–Crippen LogP) is 4.71. The van der Waals surface area contributed by atoms with Crippen LogP contribution in [0.15, 0.2) is 71.5 Å². The van der Waals surface area contributed by atoms with Gasteiger partial charge in [-0.3, -0.25) is 9.69 Å². The van der Waals surface area contributed by atoms with Crippen molar-refractivity contribution >= 4 is 16.6 Å². The Hall–Kier alpha value is -4.30. The maximum Gasteiger partial charge on any atom is 0.253 e. The number of aromatic amines is 1. The van der Waals surface area contributed by atoms with Crippen LogP contribution in [0.25, 0.3) is 10.9 Å². The van der Waals surface area contributed by atoms with E-state index >= 15 is 0 Å². The first-order valence-corrected chi connectivity index (χ1v) is 13.9. The molecule has 8 nitrogen and oxygen atoms in total. The second kappa shape index (κ2) is 10.7. The Bertz CT molecular complexity index is 1720. The standard InChI is InChI=1S/C32H35N7O/c1-21-17-23(3)26-19-27(32(40)33-28(26)18-21)30(31-34-35-36-39(31)20-25-10-6-5-7-11-25)38-15-13-37(14-16-38)29-12-8-9-22(2)24(29)4/h5-12,17-19,30H,13-16,20H2,1-4H3,(H,33,40)/t30-/m1/s1. The molecular formula is C32H35N7O. The second-order valence-corrected chi connectivity index (χ2v) is 10.9. The highest BCUT2D eigenvalue weighted by atomic mass is 16.1. The summed E-state index contributed by atoms with van der Waals surface area (Å²) in [7, 11) is 0. The first-order chi connectivity index (χ1) is 19.4. The third kappa shape index (κ3) is 4.91. The van der Waals surface area contributed by atoms with Crippen molar-refractivity contribution in [3.05, 3.63) is 116 Å². The summed E-state index contributed by atoms with van der Waals surface area (Å²) < 4.78 is 1.84. The van der Waals surface area contributed by atoms with E-state index in [0.29, 0.717) is 17.9 Å². The Morgan fingerprint density at radius 2 is 1.65 bits per heavy atom. The van der Waals surface area contributed by atoms with E-state index in [2.05, 4.69) is 94.4 Å². The number of hydrogen-bond donors (Lipinski definition) is 1. The fourth-order valence-electron chi connectivity index (χ4n) is 5.97. The van der Waals surface area contributed by atoms with Crippen molar-refractivity contribution < 1.29 is 0 Å². The van der Waals surface area contributed by atoms with E-state index < -0.39 is 0 Å². The fraction of sp³-hybridized carbons (Fsp3) is 0.312. The zero-order chi connectivity index (χ0) is 27.8. The lowest BCUT2D eigenvalue weighted by molar-refractivity contribution is 0.200. The maximum atomic E-state index is 13.7. The van der Waals surface area contributed by atoms with Crippen molar-refractivity contribution in [2.45, 2.75) is 40.3 Å². The van der Waals surface area contributed by atoms with Gasteiger partial charge in [-0.2, -0.15) is 0 Å². The molecule has 3 heterocycles. The monoisotopic (exact) mass is 533 g/mol. The largest absolute Gasteiger partial charge is 0.369 e. The van der Waals surface area contributed by atoms with E-state index in [1.807, 2.05) is 35.0 Å². The van der Waals surface area contributed by atoms with Gasteiger partial charge in [0.05, 0.1) is 6.54 Å². The number of pyridine rings is 1. The molecule has 1 aliphatic rings. The second-order valence-electron chi connectivity index (χ2n) is 10.9. The number of nitrogens with one attached hydrogen (secondary N) is 1. The minimum absolute atomic E-state index is 0.103. The molecule has 0 unspecified atom stereocenters. The van der Waals surface area contributed by atoms with E-state index in [1.165, 1.54) is 16.8 Å². The molecule has 2 aromatic heterocycles. The number of aryl methyl sites for hydroxylation is 3. The van der Waals surface area contributed by atoms with Crippen molar-refractivity contribution in [1.29, 1.82) is 0 Å². The lowest BCUT2D eigenvalue weighted by Gasteiger charge is -2.40. The molecule has 0 saturated carbocycles. The van der Waals surface area contributed by atoms with Crippen LogP contribution in [-0.4, -0.2) is 56.3 Å². The summed E-state index contributed by atoms with van der Waals surface area (Å²) in [6.45, 7) is 12.3. The number of nitrogens with zero attached hydrogens (tertiary/aromatic N) is 6. The summed E-state index contributed by atoms with van der Waals surface area (Å²) in [5, 5.41) is 14.0. The van der Waals surface area contributed by atoms with Gasteiger partial charge in [0.25, 0.3) is 5.56 Å². The summed E-state index contributed by atoms with van der Waals surface area (Å²) in [5.41, 5.74) is 8.68. The minimum atomic E-state index is -0.381. The number of fused-ring (bicyclic) bond motifs is 1. The molecule has 0 amide bonds. The molecule has 6 rings (SSSR count). The van der Waals surface area contributed by atoms with Gasteiger partial charge >= 0.3 is 0 Å². The Labute approximate surface area is 234 Å². The number of rotatable bonds is 6. The van der Waals surface area contributed by atoms with Crippen LogP contribution >= 0.6 is 0 Å². The molecule has 3 aromatic carbocycles. The Balaban J connectivity index is 1.41. The molecule has 204 valence electrons. The van der Waals surface area contributed by atoms with E-state index in [4.69, 9.17) is 0 Å². The third-order valence-corrected chi connectivity index (χ3v) is 8.21. The highest BCUT2D eigenvalue weighted by Crippen LogP contribution is 2.31. The average Bonchev–Trinajstić information content (AvgIpc) is 3.39. The van der Waals surface area contributed by atoms with Crippen molar-refractivity contribution in [2.75, 3.05) is 31.1 Å². The molecule has 8 heteroatoms. The molecular weight excluding hydrogens is 498 g/mol. The van der Waals surface area contributed by atoms with Crippen molar-refractivity contribution in [1.82, 2.24) is 30.1 Å². The van der Waals surface area contributed by atoms with Crippen LogP contribution in [0.1, 0.15) is 45.2 Å². The SMILES string of the molecule is Cc1cc(C)c2cc([C@H](c3nnnn3Cc3ccccc3)N3CCN(c4cccc(C)c4C)CC3)c(=O)[nH]c2c1. The first kappa shape index (κ1) is 26.0. The summed E-state index contributed by atoms with van der Waals surface area (Å²) >= 11 is 0. The van der Waals surface area contributed by atoms with Gasteiger partial charge in [-0.1, -0.05) is 48.5 Å². The molecule has 1 atom stereocenters. The van der Waals surface area contributed by atoms with E-state index in [1.54, 1.807) is 0 Å². The number of piperazine rings is 1. The van der Waals surface area contributed by atoms with Crippen molar-refractivity contribution in [3.8, 4) is 0 Å². The lowest BCUT2D eigenvalue weighted by Crippen LogP contribution is -2.49. The van der Waals surface area contributed by atoms with Gasteiger partial charge in [0.2, 0.25) is 0 Å². The third-order valence-electron chi connectivity index (χ3n) is 8.21. The molecule has 0 aliphatic carbocycles. The zero-order valence-electron chi connectivity index (χ0n) is 23.6. The molecule has 1 fully saturated rings. The van der Waals surface area contributed by atoms with Crippen LogP contribution in [0.2, 0.25) is 0 Å². The number of anilines is 1. The molecule has 1 N–H and O–H groups in total. The van der Waals surface area contributed by atoms with E-state index in [9.17, 15) is 4.79 Å². The van der Waals surface area contributed by atoms with E-state index in [-0.39, 0.29) is 11.6 Å². The fourth-order valence-corrected chi connectivity index (χ4v) is 5.97. The van der Waals surface area contributed by atoms with Crippen molar-refractivity contribution in [2.24, 2.45) is 0 Å². The smallest absolute Gasteiger partial charge is 0.253 e. The normalized spacial score (nSPS) is 15.1. The quantitative estimate of drug-likeness (QED) is 0.341. The van der Waals surface area contributed by atoms with Crippen LogP contribution in [0.5, 0.6) is 0 Å². The summed E-state index contributed by atoms with van der Waals surface area (Å²) in [4.78, 5) is 21.7. The molecule has 40 heavy (non-hydrogen) atoms. The number of benzene rings is 3. The lowest BCUT2D eigenvalue weighted by atomic mass is 9.99. The minimum Gasteiger partial charge on any atom is -0.369 e. The number of hydrogen-bond acceptors (Lipinski definition) is 6. The van der Waals surface area contributed by atoms with Gasteiger partial charge in [0.15, 0.2) is 5.82 Å². The van der Waals surface area contributed by atoms with Crippen LogP contribution in [0, 0.1) is 27.7 Å². The first-order valence-electron chi connectivity index (χ1n) is 13.9. The molecule has 0 radical (unpaired) electrons. The Morgan fingerprint density at radius 1 is 0.875 bits per heavy atom. The predicted molar refractivity (Wildman–Crippen MR) is 159 cm³/mol. The van der Waals surface area contributed by atoms with Crippen LogP contribution in [0.3, 0.4) is 0 Å². The van der Waals surface area contributed by atoms with Crippen molar-refractivity contribution in [3.63, 3.8) is 0 Å². The number of H-pyrrole nitrogens is 1. The molecule has 5 aromatic rings. The highest BCUT2D eigenvalue weighted by Gasteiger charge is 2.33. The Morgan fingerprint density at radius 3 is 2.42 bits per heavy atom. The van der Waals surface area contributed by atoms with Gasteiger partial charge in [0, 0.05) is 48.3 Å². The molecule has 0 spiro atoms. The summed E-state index contributed by atoms with van der Waals surface area (Å²) in [6.07, 6.45) is 0. The van der Waals surface area contributed by atoms with Gasteiger partial charge < -0.3 is 9.88 Å². The number of aromatic nitrogens is 5. The maximum absolute atomic E-state index is 13.7. The average molecular weight is 534 g/mol.